The lowest BCUT2D eigenvalue weighted by atomic mass is 10.4. The maximum Gasteiger partial charge on any atom is 0.332 e. The Morgan fingerprint density at radius 3 is 1.37 bits per heavy atom. The average Bonchev–Trinajstić information content (AvgIpc) is 2.87. The molecule has 0 N–H and O–H groups in total. The van der Waals surface area contributed by atoms with Crippen LogP contribution in [-0.2, 0) is 28.5 Å². The second-order valence-corrected chi connectivity index (χ2v) is 10.1. The topological polar surface area (TPSA) is 71.1 Å². The molecule has 9 heteroatoms. The second kappa shape index (κ2) is 16.5. The lowest BCUT2D eigenvalue weighted by molar-refractivity contribution is -0.167. The summed E-state index contributed by atoms with van der Waals surface area (Å²) in [4.78, 5) is 27.2. The molecule has 0 aliphatic heterocycles. The Morgan fingerprint density at radius 2 is 1.06 bits per heavy atom. The van der Waals surface area contributed by atoms with Crippen LogP contribution in [0.5, 0.6) is 0 Å². The van der Waals surface area contributed by atoms with Crippen LogP contribution in [0.2, 0.25) is 0 Å². The summed E-state index contributed by atoms with van der Waals surface area (Å²) in [5.74, 6) is 0.00213. The van der Waals surface area contributed by atoms with E-state index in [-0.39, 0.29) is 0 Å². The maximum atomic E-state index is 11.4. The van der Waals surface area contributed by atoms with Crippen molar-refractivity contribution in [2.45, 2.75) is 46.0 Å². The molecule has 0 heterocycles. The Morgan fingerprint density at radius 1 is 0.714 bits per heavy atom. The Bertz CT molecular complexity index is 869. The molecule has 2 atom stereocenters. The Hall–Kier alpha value is -2.17. The van der Waals surface area contributed by atoms with Crippen LogP contribution in [0, 0.1) is 0 Å². The van der Waals surface area contributed by atoms with Gasteiger partial charge in [0.1, 0.15) is 0 Å². The Balaban J connectivity index is 1.85. The molecule has 0 aliphatic carbocycles. The van der Waals surface area contributed by atoms with Crippen molar-refractivity contribution in [1.29, 1.82) is 0 Å². The van der Waals surface area contributed by atoms with E-state index in [0.717, 1.165) is 31.7 Å². The molecule has 0 amide bonds. The van der Waals surface area contributed by atoms with Gasteiger partial charge in [0.2, 0.25) is 12.6 Å². The minimum absolute atomic E-state index is 0.457. The number of carbonyl (C=O) groups excluding carboxylic acids is 2. The van der Waals surface area contributed by atoms with Crippen molar-refractivity contribution in [2.24, 2.45) is 0 Å². The number of hydrogen-bond donors (Lipinski definition) is 0. The van der Waals surface area contributed by atoms with E-state index < -0.39 is 24.5 Å². The average molecular weight is 535 g/mol. The van der Waals surface area contributed by atoms with E-state index in [2.05, 4.69) is 37.4 Å². The molecule has 0 spiro atoms. The molecule has 0 aromatic heterocycles. The summed E-state index contributed by atoms with van der Waals surface area (Å²) in [6.07, 6.45) is 1.04. The van der Waals surface area contributed by atoms with Crippen molar-refractivity contribution in [2.75, 3.05) is 24.7 Å². The molecule has 0 fully saturated rings. The van der Waals surface area contributed by atoms with Crippen molar-refractivity contribution < 1.29 is 28.5 Å². The molecule has 6 nitrogen and oxygen atoms in total. The summed E-state index contributed by atoms with van der Waals surface area (Å²) < 4.78 is 21.3. The molecule has 35 heavy (non-hydrogen) atoms. The molecule has 2 rings (SSSR count). The first kappa shape index (κ1) is 29.1. The normalized spacial score (nSPS) is 12.4. The van der Waals surface area contributed by atoms with Gasteiger partial charge in [0, 0.05) is 44.9 Å². The van der Waals surface area contributed by atoms with Crippen molar-refractivity contribution >= 4 is 47.2 Å². The van der Waals surface area contributed by atoms with Crippen LogP contribution in [0.3, 0.4) is 0 Å². The second-order valence-electron chi connectivity index (χ2n) is 6.72. The lowest BCUT2D eigenvalue weighted by Gasteiger charge is -2.16. The first-order valence-electron chi connectivity index (χ1n) is 11.0. The van der Waals surface area contributed by atoms with Gasteiger partial charge in [-0.15, -0.1) is 23.5 Å². The van der Waals surface area contributed by atoms with Crippen molar-refractivity contribution in [1.82, 2.24) is 0 Å². The van der Waals surface area contributed by atoms with Gasteiger partial charge in [-0.05, 0) is 62.4 Å². The van der Waals surface area contributed by atoms with Crippen LogP contribution < -0.4 is 0 Å². The van der Waals surface area contributed by atoms with E-state index >= 15 is 0 Å². The predicted octanol–water partition coefficient (Wildman–Crippen LogP) is 6.21. The smallest absolute Gasteiger partial charge is 0.332 e. The van der Waals surface area contributed by atoms with Crippen molar-refractivity contribution in [3.63, 3.8) is 0 Å². The molecule has 0 radical (unpaired) electrons. The van der Waals surface area contributed by atoms with E-state index in [1.165, 1.54) is 0 Å². The zero-order valence-electron chi connectivity index (χ0n) is 19.8. The van der Waals surface area contributed by atoms with Crippen LogP contribution in [0.1, 0.15) is 13.8 Å². The van der Waals surface area contributed by atoms with Crippen molar-refractivity contribution in [3.05, 3.63) is 73.8 Å². The summed E-state index contributed by atoms with van der Waals surface area (Å²) in [5.41, 5.74) is 0. The third-order valence-electron chi connectivity index (χ3n) is 4.19. The highest BCUT2D eigenvalue weighted by Gasteiger charge is 2.14. The fraction of sp³-hybridized carbons (Fsp3) is 0.308. The van der Waals surface area contributed by atoms with Gasteiger partial charge in [0.25, 0.3) is 0 Å². The van der Waals surface area contributed by atoms with E-state index in [4.69, 9.17) is 18.9 Å². The van der Waals surface area contributed by atoms with Gasteiger partial charge in [-0.3, -0.25) is 0 Å². The van der Waals surface area contributed by atoms with E-state index in [0.29, 0.717) is 24.7 Å². The molecule has 188 valence electrons. The van der Waals surface area contributed by atoms with Crippen LogP contribution in [-0.4, -0.2) is 49.2 Å². The summed E-state index contributed by atoms with van der Waals surface area (Å²) in [7, 11) is 0. The Labute approximate surface area is 219 Å². The van der Waals surface area contributed by atoms with Gasteiger partial charge in [-0.2, -0.15) is 0 Å². The number of thioether (sulfide) groups is 2. The molecular formula is C26H30O6S3. The molecule has 0 aliphatic rings. The molecule has 0 saturated carbocycles. The van der Waals surface area contributed by atoms with Gasteiger partial charge in [0.05, 0.1) is 11.5 Å². The quantitative estimate of drug-likeness (QED) is 0.108. The van der Waals surface area contributed by atoms with Crippen LogP contribution in [0.15, 0.2) is 93.4 Å². The molecule has 0 bridgehead atoms. The van der Waals surface area contributed by atoms with Crippen LogP contribution in [0.25, 0.3) is 0 Å². The number of carbonyl (C=O) groups is 2. The summed E-state index contributed by atoms with van der Waals surface area (Å²) in [5, 5.41) is 0. The number of esters is 2. The van der Waals surface area contributed by atoms with Gasteiger partial charge in [0.15, 0.2) is 0 Å². The predicted molar refractivity (Wildman–Crippen MR) is 142 cm³/mol. The monoisotopic (exact) mass is 534 g/mol. The van der Waals surface area contributed by atoms with Gasteiger partial charge < -0.3 is 18.9 Å². The summed E-state index contributed by atoms with van der Waals surface area (Å²) in [6.45, 7) is 11.4. The largest absolute Gasteiger partial charge is 0.432 e. The maximum absolute atomic E-state index is 11.4. The number of hydrogen-bond acceptors (Lipinski definition) is 9. The summed E-state index contributed by atoms with van der Waals surface area (Å²) in [6, 6.07) is 16.4. The molecule has 2 aromatic rings. The highest BCUT2D eigenvalue weighted by atomic mass is 32.2. The van der Waals surface area contributed by atoms with E-state index in [9.17, 15) is 9.59 Å². The van der Waals surface area contributed by atoms with Crippen LogP contribution >= 0.6 is 35.3 Å². The zero-order chi connectivity index (χ0) is 25.5. The van der Waals surface area contributed by atoms with Gasteiger partial charge in [-0.1, -0.05) is 24.9 Å². The Kier molecular flexibility index (Phi) is 13.7. The van der Waals surface area contributed by atoms with Gasteiger partial charge >= 0.3 is 11.9 Å². The van der Waals surface area contributed by atoms with E-state index in [1.54, 1.807) is 35.3 Å². The highest BCUT2D eigenvalue weighted by molar-refractivity contribution is 8.00. The van der Waals surface area contributed by atoms with Crippen molar-refractivity contribution in [3.8, 4) is 0 Å². The SMILES string of the molecule is C=CC(=O)OC(CSc1ccc(Sc2ccc(SCC(OCC)OC(=O)C=C)cc2)cc1)OCC. The van der Waals surface area contributed by atoms with Gasteiger partial charge in [-0.25, -0.2) is 9.59 Å². The van der Waals surface area contributed by atoms with Crippen LogP contribution in [0.4, 0.5) is 0 Å². The standard InChI is InChI=1S/C26H30O6S3/c1-5-23(27)31-25(29-7-3)17-33-19-9-13-21(14-10-19)35-22-15-11-20(12-16-22)34-18-26(30-8-4)32-24(28)6-2/h5-6,9-16,25-26H,1-2,7-8,17-18H2,3-4H3. The first-order valence-corrected chi connectivity index (χ1v) is 13.8. The molecular weight excluding hydrogens is 504 g/mol. The fourth-order valence-corrected chi connectivity index (χ4v) is 5.09. The number of rotatable bonds is 16. The number of ether oxygens (including phenoxy) is 4. The third kappa shape index (κ3) is 11.4. The molecule has 2 aromatic carbocycles. The zero-order valence-corrected chi connectivity index (χ0v) is 22.3. The molecule has 2 unspecified atom stereocenters. The van der Waals surface area contributed by atoms with E-state index in [1.807, 2.05) is 38.1 Å². The summed E-state index contributed by atoms with van der Waals surface area (Å²) >= 11 is 4.78. The first-order chi connectivity index (χ1) is 17.0. The highest BCUT2D eigenvalue weighted by Crippen LogP contribution is 2.31. The molecule has 0 saturated heterocycles. The number of benzene rings is 2. The minimum Gasteiger partial charge on any atom is -0.432 e. The fourth-order valence-electron chi connectivity index (χ4n) is 2.63. The minimum atomic E-state index is -0.612. The lowest BCUT2D eigenvalue weighted by Crippen LogP contribution is -2.22. The third-order valence-corrected chi connectivity index (χ3v) is 7.29.